The van der Waals surface area contributed by atoms with Gasteiger partial charge in [0, 0.05) is 18.8 Å². The van der Waals surface area contributed by atoms with E-state index in [2.05, 4.69) is 16.0 Å². The lowest BCUT2D eigenvalue weighted by molar-refractivity contribution is 1.26. The second-order valence-electron chi connectivity index (χ2n) is 3.28. The number of benzene rings is 1. The summed E-state index contributed by atoms with van der Waals surface area (Å²) in [5.41, 5.74) is 8.43. The van der Waals surface area contributed by atoms with Crippen molar-refractivity contribution in [3.8, 4) is 11.1 Å². The first-order chi connectivity index (χ1) is 7.83. The highest BCUT2D eigenvalue weighted by atomic mass is 14.9. The lowest BCUT2D eigenvalue weighted by Crippen LogP contribution is -2.16. The first-order valence-electron chi connectivity index (χ1n) is 4.97. The molecule has 79 valence electrons. The number of hydrogen-bond donors (Lipinski definition) is 1. The quantitative estimate of drug-likeness (QED) is 0.607. The van der Waals surface area contributed by atoms with Crippen LogP contribution in [0.5, 0.6) is 0 Å². The van der Waals surface area contributed by atoms with Crippen LogP contribution in [0.3, 0.4) is 0 Å². The highest BCUT2D eigenvalue weighted by Crippen LogP contribution is 2.20. The van der Waals surface area contributed by atoms with E-state index in [0.717, 1.165) is 11.1 Å². The molecule has 2 rings (SSSR count). The fourth-order valence-corrected chi connectivity index (χ4v) is 1.49. The van der Waals surface area contributed by atoms with Gasteiger partial charge in [0.1, 0.15) is 11.5 Å². The summed E-state index contributed by atoms with van der Waals surface area (Å²) < 4.78 is 0. The molecule has 2 N–H and O–H groups in total. The van der Waals surface area contributed by atoms with Crippen LogP contribution in [0.15, 0.2) is 47.6 Å². The van der Waals surface area contributed by atoms with E-state index in [1.54, 1.807) is 13.2 Å². The highest BCUT2D eigenvalue weighted by molar-refractivity contribution is 6.01. The molecule has 0 fully saturated rings. The maximum Gasteiger partial charge on any atom is 0.145 e. The molecule has 0 atom stereocenters. The molecule has 2 aromatic rings. The molecule has 0 spiro atoms. The summed E-state index contributed by atoms with van der Waals surface area (Å²) in [5, 5.41) is 0. The molecule has 0 aliphatic heterocycles. The minimum Gasteiger partial charge on any atom is -0.382 e. The first kappa shape index (κ1) is 10.4. The van der Waals surface area contributed by atoms with Crippen molar-refractivity contribution in [1.29, 1.82) is 0 Å². The topological polar surface area (TPSA) is 51.3 Å². The zero-order valence-electron chi connectivity index (χ0n) is 9.01. The molecule has 0 bridgehead atoms. The van der Waals surface area contributed by atoms with Gasteiger partial charge in [0.15, 0.2) is 0 Å². The van der Waals surface area contributed by atoms with Crippen LogP contribution >= 0.6 is 0 Å². The molecule has 0 aliphatic rings. The van der Waals surface area contributed by atoms with Crippen molar-refractivity contribution in [2.24, 2.45) is 10.7 Å². The summed E-state index contributed by atoms with van der Waals surface area (Å²) in [6.45, 7) is 0. The van der Waals surface area contributed by atoms with Crippen molar-refractivity contribution in [2.45, 2.75) is 0 Å². The Morgan fingerprint density at radius 2 is 2.19 bits per heavy atom. The fraction of sp³-hybridized carbons (Fsp3) is 0.0769. The largest absolute Gasteiger partial charge is 0.382 e. The zero-order valence-corrected chi connectivity index (χ0v) is 9.01. The third kappa shape index (κ3) is 1.93. The van der Waals surface area contributed by atoms with Crippen molar-refractivity contribution in [1.82, 2.24) is 4.98 Å². The van der Waals surface area contributed by atoms with Crippen molar-refractivity contribution < 1.29 is 0 Å². The van der Waals surface area contributed by atoms with E-state index in [-0.39, 0.29) is 0 Å². The molecule has 1 heterocycles. The predicted octanol–water partition coefficient (Wildman–Crippen LogP) is 1.88. The minimum atomic E-state index is 0.438. The lowest BCUT2D eigenvalue weighted by atomic mass is 10.0. The first-order valence-corrected chi connectivity index (χ1v) is 4.97. The van der Waals surface area contributed by atoms with Gasteiger partial charge >= 0.3 is 0 Å². The fourth-order valence-electron chi connectivity index (χ4n) is 1.49. The van der Waals surface area contributed by atoms with E-state index in [9.17, 15) is 0 Å². The number of aromatic nitrogens is 1. The molecule has 1 aromatic heterocycles. The maximum atomic E-state index is 5.81. The Labute approximate surface area is 94.7 Å². The molecule has 0 saturated heterocycles. The van der Waals surface area contributed by atoms with Gasteiger partial charge in [0.05, 0.1) is 0 Å². The van der Waals surface area contributed by atoms with Crippen LogP contribution in [0, 0.1) is 6.07 Å². The van der Waals surface area contributed by atoms with Gasteiger partial charge < -0.3 is 5.73 Å². The van der Waals surface area contributed by atoms with Gasteiger partial charge in [-0.15, -0.1) is 0 Å². The number of nitrogens with zero attached hydrogens (tertiary/aromatic N) is 2. The number of rotatable bonds is 2. The second kappa shape index (κ2) is 4.57. The van der Waals surface area contributed by atoms with Crippen LogP contribution in [-0.4, -0.2) is 17.9 Å². The predicted molar refractivity (Wildman–Crippen MR) is 65.2 cm³/mol. The van der Waals surface area contributed by atoms with E-state index >= 15 is 0 Å². The lowest BCUT2D eigenvalue weighted by Gasteiger charge is -2.06. The Morgan fingerprint density at radius 1 is 1.31 bits per heavy atom. The summed E-state index contributed by atoms with van der Waals surface area (Å²) in [5.74, 6) is 0.438. The zero-order chi connectivity index (χ0) is 11.4. The summed E-state index contributed by atoms with van der Waals surface area (Å²) >= 11 is 0. The Morgan fingerprint density at radius 3 is 2.88 bits per heavy atom. The van der Waals surface area contributed by atoms with Gasteiger partial charge in [-0.3, -0.25) is 9.98 Å². The van der Waals surface area contributed by atoms with Gasteiger partial charge in [-0.25, -0.2) is 0 Å². The highest BCUT2D eigenvalue weighted by Gasteiger charge is 2.08. The Kier molecular flexibility index (Phi) is 2.96. The summed E-state index contributed by atoms with van der Waals surface area (Å²) in [6, 6.07) is 14.7. The van der Waals surface area contributed by atoms with Gasteiger partial charge in [-0.1, -0.05) is 30.3 Å². The molecule has 0 saturated carbocycles. The van der Waals surface area contributed by atoms with Gasteiger partial charge in [0.2, 0.25) is 0 Å². The summed E-state index contributed by atoms with van der Waals surface area (Å²) in [7, 11) is 1.66. The number of amidine groups is 1. The van der Waals surface area contributed by atoms with Gasteiger partial charge in [-0.05, 0) is 17.7 Å². The number of pyridine rings is 1. The number of aliphatic imine (C=N–C) groups is 1. The molecule has 0 unspecified atom stereocenters. The van der Waals surface area contributed by atoms with Crippen molar-refractivity contribution in [3.05, 3.63) is 54.4 Å². The van der Waals surface area contributed by atoms with Crippen LogP contribution in [0.1, 0.15) is 5.69 Å². The summed E-state index contributed by atoms with van der Waals surface area (Å²) in [4.78, 5) is 8.21. The molecule has 0 aliphatic carbocycles. The monoisotopic (exact) mass is 210 g/mol. The standard InChI is InChI=1S/C13H12N3/c1-15-13(14)12-11(8-5-9-16-12)10-6-3-2-4-7-10/h2-6,8-9H,1H3,(H2,14,15). The van der Waals surface area contributed by atoms with Crippen molar-refractivity contribution >= 4 is 5.84 Å². The van der Waals surface area contributed by atoms with Crippen LogP contribution in [0.25, 0.3) is 11.1 Å². The van der Waals surface area contributed by atoms with E-state index in [1.165, 1.54) is 0 Å². The van der Waals surface area contributed by atoms with Crippen LogP contribution in [0.4, 0.5) is 0 Å². The molecule has 1 radical (unpaired) electrons. The van der Waals surface area contributed by atoms with Gasteiger partial charge in [0.25, 0.3) is 0 Å². The van der Waals surface area contributed by atoms with Crippen molar-refractivity contribution in [2.75, 3.05) is 7.05 Å². The third-order valence-electron chi connectivity index (χ3n) is 2.29. The molecule has 16 heavy (non-hydrogen) atoms. The molecule has 3 nitrogen and oxygen atoms in total. The van der Waals surface area contributed by atoms with E-state index in [4.69, 9.17) is 5.73 Å². The maximum absolute atomic E-state index is 5.81. The third-order valence-corrected chi connectivity index (χ3v) is 2.29. The van der Waals surface area contributed by atoms with Crippen molar-refractivity contribution in [3.63, 3.8) is 0 Å². The normalized spacial score (nSPS) is 11.4. The number of hydrogen-bond acceptors (Lipinski definition) is 2. The molecule has 0 amide bonds. The van der Waals surface area contributed by atoms with Crippen LogP contribution in [-0.2, 0) is 0 Å². The Bertz CT molecular complexity index is 504. The van der Waals surface area contributed by atoms with E-state index in [1.807, 2.05) is 36.4 Å². The van der Waals surface area contributed by atoms with Gasteiger partial charge in [-0.2, -0.15) is 0 Å². The smallest absolute Gasteiger partial charge is 0.145 e. The van der Waals surface area contributed by atoms with E-state index < -0.39 is 0 Å². The average Bonchev–Trinajstić information content (AvgIpc) is 2.39. The van der Waals surface area contributed by atoms with Crippen LogP contribution in [0.2, 0.25) is 0 Å². The second-order valence-corrected chi connectivity index (χ2v) is 3.28. The minimum absolute atomic E-state index is 0.438. The SMILES string of the molecule is CN=C(N)c1ncccc1-c1[c]cccc1. The molecular weight excluding hydrogens is 198 g/mol. The molecule has 1 aromatic carbocycles. The van der Waals surface area contributed by atoms with Crippen LogP contribution < -0.4 is 5.73 Å². The Balaban J connectivity index is 2.58. The Hall–Kier alpha value is -2.16. The molecular formula is C13H12N3. The van der Waals surface area contributed by atoms with E-state index in [0.29, 0.717) is 11.5 Å². The average molecular weight is 210 g/mol. The summed E-state index contributed by atoms with van der Waals surface area (Å²) in [6.07, 6.45) is 1.71. The molecule has 3 heteroatoms. The number of nitrogens with two attached hydrogens (primary N) is 1.